The number of para-hydroxylation sites is 1. The van der Waals surface area contributed by atoms with E-state index in [0.717, 1.165) is 10.6 Å². The molecule has 4 aromatic rings. The molecule has 0 atom stereocenters. The van der Waals surface area contributed by atoms with Gasteiger partial charge in [0.1, 0.15) is 6.54 Å². The highest BCUT2D eigenvalue weighted by molar-refractivity contribution is 7.14. The van der Waals surface area contributed by atoms with Gasteiger partial charge in [-0.25, -0.2) is 9.78 Å². The number of imide groups is 1. The van der Waals surface area contributed by atoms with Crippen LogP contribution in [0.1, 0.15) is 16.8 Å². The number of amides is 4. The van der Waals surface area contributed by atoms with Crippen LogP contribution in [-0.4, -0.2) is 34.3 Å². The summed E-state index contributed by atoms with van der Waals surface area (Å²) in [6, 6.07) is 26.6. The molecule has 7 nitrogen and oxygen atoms in total. The molecule has 0 spiro atoms. The van der Waals surface area contributed by atoms with Crippen molar-refractivity contribution in [3.05, 3.63) is 113 Å². The van der Waals surface area contributed by atoms with Crippen LogP contribution in [0.15, 0.2) is 96.4 Å². The first-order valence-electron chi connectivity index (χ1n) is 11.1. The van der Waals surface area contributed by atoms with E-state index in [4.69, 9.17) is 0 Å². The maximum Gasteiger partial charge on any atom is 0.326 e. The Labute approximate surface area is 206 Å². The van der Waals surface area contributed by atoms with Crippen molar-refractivity contribution in [2.45, 2.75) is 12.5 Å². The summed E-state index contributed by atoms with van der Waals surface area (Å²) in [4.78, 5) is 47.6. The van der Waals surface area contributed by atoms with Gasteiger partial charge >= 0.3 is 6.03 Å². The Morgan fingerprint density at radius 2 is 1.46 bits per heavy atom. The third kappa shape index (κ3) is 3.98. The SMILES string of the molecule is Cc1csc(N(C(=O)CN2C(=O)NC(c3ccccc3)(c3ccccc3)C2=O)c2ccccc2)n1. The Bertz CT molecular complexity index is 1330. The number of anilines is 2. The van der Waals surface area contributed by atoms with Crippen LogP contribution in [0.2, 0.25) is 0 Å². The number of benzene rings is 3. The second-order valence-corrected chi connectivity index (χ2v) is 8.98. The Morgan fingerprint density at radius 1 is 0.914 bits per heavy atom. The van der Waals surface area contributed by atoms with Gasteiger partial charge < -0.3 is 5.32 Å². The predicted octanol–water partition coefficient (Wildman–Crippen LogP) is 4.61. The molecule has 2 heterocycles. The van der Waals surface area contributed by atoms with Crippen molar-refractivity contribution in [1.82, 2.24) is 15.2 Å². The standard InChI is InChI=1S/C27H22N4O3S/c1-19-18-35-26(28-19)31(22-15-9-4-10-16-22)23(32)17-30-24(33)27(29-25(30)34,20-11-5-2-6-12-20)21-13-7-3-8-14-21/h2-16,18H,17H2,1H3,(H,29,34). The van der Waals surface area contributed by atoms with E-state index >= 15 is 0 Å². The third-order valence-electron chi connectivity index (χ3n) is 5.87. The molecular weight excluding hydrogens is 460 g/mol. The van der Waals surface area contributed by atoms with Crippen LogP contribution in [-0.2, 0) is 15.1 Å². The normalized spacial score (nSPS) is 14.6. The molecule has 1 aliphatic rings. The highest BCUT2D eigenvalue weighted by Gasteiger charge is 2.54. The van der Waals surface area contributed by atoms with E-state index in [1.165, 1.54) is 16.2 Å². The zero-order chi connectivity index (χ0) is 24.4. The first-order chi connectivity index (χ1) is 17.0. The summed E-state index contributed by atoms with van der Waals surface area (Å²) < 4.78 is 0. The number of rotatable bonds is 6. The summed E-state index contributed by atoms with van der Waals surface area (Å²) >= 11 is 1.32. The summed E-state index contributed by atoms with van der Waals surface area (Å²) in [5, 5.41) is 5.21. The van der Waals surface area contributed by atoms with Gasteiger partial charge in [-0.05, 0) is 30.2 Å². The highest BCUT2D eigenvalue weighted by Crippen LogP contribution is 2.36. The highest BCUT2D eigenvalue weighted by atomic mass is 32.1. The van der Waals surface area contributed by atoms with E-state index in [1.807, 2.05) is 66.9 Å². The molecule has 1 aromatic heterocycles. The molecule has 1 saturated heterocycles. The fourth-order valence-corrected chi connectivity index (χ4v) is 5.08. The van der Waals surface area contributed by atoms with Gasteiger partial charge in [0.15, 0.2) is 10.7 Å². The number of urea groups is 1. The Hall–Kier alpha value is -4.30. The van der Waals surface area contributed by atoms with Crippen LogP contribution in [0.5, 0.6) is 0 Å². The maximum atomic E-state index is 13.9. The molecule has 0 bridgehead atoms. The average Bonchev–Trinajstić information content (AvgIpc) is 3.42. The first-order valence-corrected chi connectivity index (χ1v) is 11.9. The molecule has 4 amide bonds. The molecule has 35 heavy (non-hydrogen) atoms. The molecule has 8 heteroatoms. The summed E-state index contributed by atoms with van der Waals surface area (Å²) in [6.07, 6.45) is 0. The van der Waals surface area contributed by atoms with E-state index in [0.29, 0.717) is 21.9 Å². The third-order valence-corrected chi connectivity index (χ3v) is 6.82. The fraction of sp³-hybridized carbons (Fsp3) is 0.111. The van der Waals surface area contributed by atoms with Crippen molar-refractivity contribution < 1.29 is 14.4 Å². The van der Waals surface area contributed by atoms with Crippen LogP contribution < -0.4 is 10.2 Å². The number of carbonyl (C=O) groups is 3. The van der Waals surface area contributed by atoms with E-state index in [-0.39, 0.29) is 0 Å². The van der Waals surface area contributed by atoms with Crippen LogP contribution >= 0.6 is 11.3 Å². The van der Waals surface area contributed by atoms with Crippen LogP contribution in [0.3, 0.4) is 0 Å². The Kier molecular flexibility index (Phi) is 5.88. The largest absolute Gasteiger partial charge is 0.326 e. The van der Waals surface area contributed by atoms with E-state index < -0.39 is 29.9 Å². The van der Waals surface area contributed by atoms with E-state index in [2.05, 4.69) is 10.3 Å². The zero-order valence-corrected chi connectivity index (χ0v) is 19.7. The first kappa shape index (κ1) is 22.5. The number of aryl methyl sites for hydroxylation is 1. The lowest BCUT2D eigenvalue weighted by atomic mass is 9.82. The monoisotopic (exact) mass is 482 g/mol. The minimum absolute atomic E-state index is 0.431. The quantitative estimate of drug-likeness (QED) is 0.407. The van der Waals surface area contributed by atoms with Gasteiger partial charge in [-0.15, -0.1) is 11.3 Å². The van der Waals surface area contributed by atoms with Crippen molar-refractivity contribution in [3.63, 3.8) is 0 Å². The summed E-state index contributed by atoms with van der Waals surface area (Å²) in [6.45, 7) is 1.42. The fourth-order valence-electron chi connectivity index (χ4n) is 4.24. The summed E-state index contributed by atoms with van der Waals surface area (Å²) in [5.74, 6) is -0.942. The van der Waals surface area contributed by atoms with Crippen molar-refractivity contribution in [1.29, 1.82) is 0 Å². The van der Waals surface area contributed by atoms with E-state index in [1.54, 1.807) is 36.4 Å². The number of nitrogens with one attached hydrogen (secondary N) is 1. The molecule has 0 saturated carbocycles. The number of aromatic nitrogens is 1. The summed E-state index contributed by atoms with van der Waals surface area (Å²) in [7, 11) is 0. The number of hydrogen-bond acceptors (Lipinski definition) is 5. The van der Waals surface area contributed by atoms with Gasteiger partial charge in [-0.2, -0.15) is 0 Å². The number of thiazole rings is 1. The van der Waals surface area contributed by atoms with Gasteiger partial charge in [0.25, 0.3) is 11.8 Å². The van der Waals surface area contributed by atoms with Gasteiger partial charge in [-0.3, -0.25) is 19.4 Å². The van der Waals surface area contributed by atoms with Gasteiger partial charge in [0.05, 0.1) is 11.4 Å². The second kappa shape index (κ2) is 9.15. The number of hydrogen-bond donors (Lipinski definition) is 1. The predicted molar refractivity (Wildman–Crippen MR) is 134 cm³/mol. The zero-order valence-electron chi connectivity index (χ0n) is 18.9. The summed E-state index contributed by atoms with van der Waals surface area (Å²) in [5.41, 5.74) is 1.21. The molecule has 5 rings (SSSR count). The van der Waals surface area contributed by atoms with Crippen LogP contribution in [0.4, 0.5) is 15.6 Å². The van der Waals surface area contributed by atoms with Crippen molar-refractivity contribution >= 4 is 40.0 Å². The van der Waals surface area contributed by atoms with Crippen molar-refractivity contribution in [2.75, 3.05) is 11.4 Å². The van der Waals surface area contributed by atoms with Gasteiger partial charge in [0, 0.05) is 5.38 Å². The van der Waals surface area contributed by atoms with Crippen LogP contribution in [0, 0.1) is 6.92 Å². The molecule has 0 unspecified atom stereocenters. The molecule has 1 aliphatic heterocycles. The molecule has 1 N–H and O–H groups in total. The number of carbonyl (C=O) groups excluding carboxylic acids is 3. The lowest BCUT2D eigenvalue weighted by molar-refractivity contribution is -0.133. The lowest BCUT2D eigenvalue weighted by Crippen LogP contribution is -2.46. The molecule has 0 aliphatic carbocycles. The molecular formula is C27H22N4O3S. The topological polar surface area (TPSA) is 82.6 Å². The molecule has 0 radical (unpaired) electrons. The van der Waals surface area contributed by atoms with Gasteiger partial charge in [0.2, 0.25) is 0 Å². The maximum absolute atomic E-state index is 13.9. The minimum atomic E-state index is -1.42. The number of nitrogens with zero attached hydrogens (tertiary/aromatic N) is 3. The smallest absolute Gasteiger partial charge is 0.315 e. The molecule has 1 fully saturated rings. The Balaban J connectivity index is 1.52. The average molecular weight is 483 g/mol. The Morgan fingerprint density at radius 3 is 1.97 bits per heavy atom. The molecule has 3 aromatic carbocycles. The van der Waals surface area contributed by atoms with Crippen molar-refractivity contribution in [2.24, 2.45) is 0 Å². The minimum Gasteiger partial charge on any atom is -0.315 e. The van der Waals surface area contributed by atoms with Gasteiger partial charge in [-0.1, -0.05) is 78.9 Å². The van der Waals surface area contributed by atoms with Crippen molar-refractivity contribution in [3.8, 4) is 0 Å². The lowest BCUT2D eigenvalue weighted by Gasteiger charge is -2.28. The second-order valence-electron chi connectivity index (χ2n) is 8.14. The molecule has 174 valence electrons. The van der Waals surface area contributed by atoms with Crippen LogP contribution in [0.25, 0.3) is 0 Å². The van der Waals surface area contributed by atoms with E-state index in [9.17, 15) is 14.4 Å².